The van der Waals surface area contributed by atoms with Crippen molar-refractivity contribution in [1.29, 1.82) is 0 Å². The minimum Gasteiger partial charge on any atom is -0.383 e. The summed E-state index contributed by atoms with van der Waals surface area (Å²) in [4.78, 5) is 24.5. The summed E-state index contributed by atoms with van der Waals surface area (Å²) in [7, 11) is 1.51. The highest BCUT2D eigenvalue weighted by molar-refractivity contribution is 7.99. The van der Waals surface area contributed by atoms with Gasteiger partial charge in [0.2, 0.25) is 0 Å². The molecule has 0 spiro atoms. The highest BCUT2D eigenvalue weighted by Crippen LogP contribution is 2.21. The standard InChI is InChI=1S/C14H24N4O2S/c1-3-4-7-18-12(15)11(13(19)17(2)14(18)20)16-10-5-8-21-9-6-10/h10,16H,3-9,15H2,1-2H3. The number of hydrogen-bond acceptors (Lipinski definition) is 5. The quantitative estimate of drug-likeness (QED) is 0.855. The van der Waals surface area contributed by atoms with Crippen molar-refractivity contribution in [1.82, 2.24) is 9.13 Å². The molecule has 3 N–H and O–H groups in total. The Bertz CT molecular complexity index is 602. The number of rotatable bonds is 5. The maximum atomic E-state index is 12.3. The molecule has 1 fully saturated rings. The van der Waals surface area contributed by atoms with Crippen molar-refractivity contribution in [3.05, 3.63) is 20.8 Å². The normalized spacial score (nSPS) is 16.1. The molecule has 0 atom stereocenters. The van der Waals surface area contributed by atoms with E-state index in [2.05, 4.69) is 12.2 Å². The van der Waals surface area contributed by atoms with Crippen LogP contribution in [0.25, 0.3) is 0 Å². The molecule has 2 heterocycles. The van der Waals surface area contributed by atoms with Crippen LogP contribution in [0, 0.1) is 0 Å². The van der Waals surface area contributed by atoms with Gasteiger partial charge in [-0.2, -0.15) is 11.8 Å². The van der Waals surface area contributed by atoms with Crippen molar-refractivity contribution in [2.24, 2.45) is 7.05 Å². The molecule has 0 radical (unpaired) electrons. The maximum absolute atomic E-state index is 12.3. The minimum atomic E-state index is -0.337. The van der Waals surface area contributed by atoms with Crippen LogP contribution >= 0.6 is 11.8 Å². The van der Waals surface area contributed by atoms with Gasteiger partial charge in [-0.25, -0.2) is 4.79 Å². The molecule has 1 aromatic rings. The van der Waals surface area contributed by atoms with Gasteiger partial charge in [0.05, 0.1) is 0 Å². The van der Waals surface area contributed by atoms with Crippen LogP contribution in [0.2, 0.25) is 0 Å². The van der Waals surface area contributed by atoms with Gasteiger partial charge in [0.25, 0.3) is 5.56 Å². The zero-order valence-electron chi connectivity index (χ0n) is 12.7. The van der Waals surface area contributed by atoms with Crippen LogP contribution in [0.3, 0.4) is 0 Å². The maximum Gasteiger partial charge on any atom is 0.332 e. The van der Waals surface area contributed by atoms with Gasteiger partial charge in [0.15, 0.2) is 0 Å². The summed E-state index contributed by atoms with van der Waals surface area (Å²) in [5.74, 6) is 2.45. The van der Waals surface area contributed by atoms with Crippen LogP contribution in [0.1, 0.15) is 32.6 Å². The van der Waals surface area contributed by atoms with Gasteiger partial charge in [-0.15, -0.1) is 0 Å². The third-order valence-corrected chi connectivity index (χ3v) is 4.94. The van der Waals surface area contributed by atoms with E-state index in [4.69, 9.17) is 5.73 Å². The second-order valence-corrected chi connectivity index (χ2v) is 6.67. The number of aromatic nitrogens is 2. The molecule has 1 aliphatic heterocycles. The van der Waals surface area contributed by atoms with E-state index in [1.165, 1.54) is 11.6 Å². The first-order valence-corrected chi connectivity index (χ1v) is 8.65. The molecule has 6 nitrogen and oxygen atoms in total. The van der Waals surface area contributed by atoms with E-state index in [0.717, 1.165) is 41.8 Å². The lowest BCUT2D eigenvalue weighted by Gasteiger charge is -2.25. The van der Waals surface area contributed by atoms with Gasteiger partial charge in [0.1, 0.15) is 11.5 Å². The van der Waals surface area contributed by atoms with E-state index in [1.54, 1.807) is 0 Å². The molecule has 1 aromatic heterocycles. The predicted molar refractivity (Wildman–Crippen MR) is 89.2 cm³/mol. The Morgan fingerprint density at radius 2 is 2.00 bits per heavy atom. The van der Waals surface area contributed by atoms with E-state index >= 15 is 0 Å². The minimum absolute atomic E-state index is 0.262. The number of anilines is 2. The van der Waals surface area contributed by atoms with Gasteiger partial charge in [-0.05, 0) is 30.8 Å². The predicted octanol–water partition coefficient (Wildman–Crippen LogP) is 1.24. The van der Waals surface area contributed by atoms with Crippen LogP contribution in [0.5, 0.6) is 0 Å². The summed E-state index contributed by atoms with van der Waals surface area (Å²) in [6.45, 7) is 2.60. The van der Waals surface area contributed by atoms with Crippen LogP contribution in [-0.4, -0.2) is 26.7 Å². The zero-order valence-corrected chi connectivity index (χ0v) is 13.5. The fourth-order valence-electron chi connectivity index (χ4n) is 2.50. The Morgan fingerprint density at radius 3 is 2.62 bits per heavy atom. The van der Waals surface area contributed by atoms with Gasteiger partial charge in [-0.1, -0.05) is 13.3 Å². The van der Waals surface area contributed by atoms with Gasteiger partial charge in [0, 0.05) is 19.6 Å². The molecular formula is C14H24N4O2S. The lowest BCUT2D eigenvalue weighted by molar-refractivity contribution is 0.572. The summed E-state index contributed by atoms with van der Waals surface area (Å²) in [5, 5.41) is 3.27. The number of nitrogens with two attached hydrogens (primary N) is 1. The molecule has 0 aliphatic carbocycles. The topological polar surface area (TPSA) is 82.0 Å². The second kappa shape index (κ2) is 7.06. The number of hydrogen-bond donors (Lipinski definition) is 2. The van der Waals surface area contributed by atoms with Gasteiger partial charge >= 0.3 is 5.69 Å². The van der Waals surface area contributed by atoms with Crippen molar-refractivity contribution in [3.8, 4) is 0 Å². The first-order valence-electron chi connectivity index (χ1n) is 7.49. The van der Waals surface area contributed by atoms with Crippen LogP contribution in [0.15, 0.2) is 9.59 Å². The van der Waals surface area contributed by atoms with Crippen molar-refractivity contribution < 1.29 is 0 Å². The Balaban J connectivity index is 2.37. The van der Waals surface area contributed by atoms with E-state index < -0.39 is 0 Å². The molecule has 118 valence electrons. The molecule has 0 unspecified atom stereocenters. The summed E-state index contributed by atoms with van der Waals surface area (Å²) in [5.41, 5.74) is 5.81. The molecule has 1 saturated heterocycles. The largest absolute Gasteiger partial charge is 0.383 e. The highest BCUT2D eigenvalue weighted by Gasteiger charge is 2.20. The summed E-state index contributed by atoms with van der Waals surface area (Å²) >= 11 is 1.93. The number of thioether (sulfide) groups is 1. The van der Waals surface area contributed by atoms with Crippen LogP contribution in [-0.2, 0) is 13.6 Å². The number of unbranched alkanes of at least 4 members (excludes halogenated alkanes) is 1. The molecule has 7 heteroatoms. The van der Waals surface area contributed by atoms with Crippen molar-refractivity contribution in [2.45, 2.75) is 45.2 Å². The Labute approximate surface area is 128 Å². The smallest absolute Gasteiger partial charge is 0.332 e. The molecule has 0 amide bonds. The number of nitrogen functional groups attached to an aromatic ring is 1. The van der Waals surface area contributed by atoms with Gasteiger partial charge < -0.3 is 11.1 Å². The van der Waals surface area contributed by atoms with E-state index in [9.17, 15) is 9.59 Å². The third kappa shape index (κ3) is 3.45. The van der Waals surface area contributed by atoms with E-state index in [-0.39, 0.29) is 23.1 Å². The lowest BCUT2D eigenvalue weighted by atomic mass is 10.1. The average Bonchev–Trinajstić information content (AvgIpc) is 2.51. The molecule has 0 aromatic carbocycles. The van der Waals surface area contributed by atoms with Crippen LogP contribution < -0.4 is 22.3 Å². The lowest BCUT2D eigenvalue weighted by Crippen LogP contribution is -2.42. The first-order chi connectivity index (χ1) is 10.1. The molecule has 0 saturated carbocycles. The average molecular weight is 312 g/mol. The monoisotopic (exact) mass is 312 g/mol. The Morgan fingerprint density at radius 1 is 1.33 bits per heavy atom. The Hall–Kier alpha value is -1.37. The SMILES string of the molecule is CCCCn1c(N)c(NC2CCSCC2)c(=O)n(C)c1=O. The molecule has 2 rings (SSSR count). The zero-order chi connectivity index (χ0) is 15.4. The van der Waals surface area contributed by atoms with Crippen molar-refractivity contribution in [2.75, 3.05) is 22.6 Å². The third-order valence-electron chi connectivity index (χ3n) is 3.89. The van der Waals surface area contributed by atoms with Crippen LogP contribution in [0.4, 0.5) is 11.5 Å². The van der Waals surface area contributed by atoms with E-state index in [0.29, 0.717) is 12.2 Å². The number of nitrogens with zero attached hydrogens (tertiary/aromatic N) is 2. The summed E-state index contributed by atoms with van der Waals surface area (Å²) in [6, 6.07) is 0.262. The highest BCUT2D eigenvalue weighted by atomic mass is 32.2. The fourth-order valence-corrected chi connectivity index (χ4v) is 3.60. The summed E-state index contributed by atoms with van der Waals surface area (Å²) < 4.78 is 2.65. The molecule has 1 aliphatic rings. The van der Waals surface area contributed by atoms with E-state index in [1.807, 2.05) is 11.8 Å². The second-order valence-electron chi connectivity index (χ2n) is 5.44. The Kier molecular flexibility index (Phi) is 5.39. The van der Waals surface area contributed by atoms with Crippen molar-refractivity contribution >= 4 is 23.3 Å². The van der Waals surface area contributed by atoms with Crippen molar-refractivity contribution in [3.63, 3.8) is 0 Å². The number of nitrogens with one attached hydrogen (secondary N) is 1. The molecular weight excluding hydrogens is 288 g/mol. The molecule has 0 bridgehead atoms. The van der Waals surface area contributed by atoms with Gasteiger partial charge in [-0.3, -0.25) is 13.9 Å². The summed E-state index contributed by atoms with van der Waals surface area (Å²) in [6.07, 6.45) is 3.86. The first kappa shape index (κ1) is 16.0. The molecule has 21 heavy (non-hydrogen) atoms. The fraction of sp³-hybridized carbons (Fsp3) is 0.714.